The number of H-pyrrole nitrogens is 1. The Hall–Kier alpha value is -3.14. The molecule has 0 saturated carbocycles. The fourth-order valence-corrected chi connectivity index (χ4v) is 2.91. The minimum atomic E-state index is -0.664. The van der Waals surface area contributed by atoms with Gasteiger partial charge in [0.15, 0.2) is 5.82 Å². The van der Waals surface area contributed by atoms with Crippen LogP contribution in [0.4, 0.5) is 4.39 Å². The van der Waals surface area contributed by atoms with Crippen LogP contribution in [-0.2, 0) is 14.2 Å². The average molecular weight is 412 g/mol. The number of nitrogens with one attached hydrogen (secondary N) is 1. The summed E-state index contributed by atoms with van der Waals surface area (Å²) in [5.74, 6) is 0.154. The van der Waals surface area contributed by atoms with Gasteiger partial charge in [0.05, 0.1) is 36.9 Å². The van der Waals surface area contributed by atoms with Gasteiger partial charge in [-0.2, -0.15) is 4.98 Å². The summed E-state index contributed by atoms with van der Waals surface area (Å²) in [7, 11) is 1.59. The molecule has 1 aromatic carbocycles. The van der Waals surface area contributed by atoms with Gasteiger partial charge in [0, 0.05) is 18.9 Å². The maximum absolute atomic E-state index is 13.4. The van der Waals surface area contributed by atoms with Crippen LogP contribution in [0.15, 0.2) is 48.7 Å². The Morgan fingerprint density at radius 2 is 1.90 bits per heavy atom. The molecule has 30 heavy (non-hydrogen) atoms. The number of rotatable bonds is 7. The van der Waals surface area contributed by atoms with Gasteiger partial charge in [0.2, 0.25) is 6.29 Å². The van der Waals surface area contributed by atoms with Crippen molar-refractivity contribution in [1.82, 2.24) is 19.9 Å². The van der Waals surface area contributed by atoms with Gasteiger partial charge in [-0.25, -0.2) is 14.4 Å². The smallest absolute Gasteiger partial charge is 0.317 e. The molecule has 0 bridgehead atoms. The number of benzene rings is 1. The van der Waals surface area contributed by atoms with Crippen molar-refractivity contribution in [1.29, 1.82) is 0 Å². The van der Waals surface area contributed by atoms with E-state index in [1.165, 1.54) is 12.1 Å². The number of hydrogen-bond donors (Lipinski definition) is 1. The minimum absolute atomic E-state index is 0.215. The van der Waals surface area contributed by atoms with Crippen LogP contribution in [0.25, 0.3) is 22.6 Å². The minimum Gasteiger partial charge on any atom is -0.461 e. The van der Waals surface area contributed by atoms with E-state index < -0.39 is 6.29 Å². The second-order valence-corrected chi connectivity index (χ2v) is 6.62. The molecule has 1 fully saturated rings. The van der Waals surface area contributed by atoms with Crippen LogP contribution in [-0.4, -0.2) is 53.5 Å². The van der Waals surface area contributed by atoms with Crippen LogP contribution in [0.1, 0.15) is 12.1 Å². The van der Waals surface area contributed by atoms with E-state index in [-0.39, 0.29) is 11.8 Å². The van der Waals surface area contributed by atoms with Gasteiger partial charge in [-0.15, -0.1) is 0 Å². The van der Waals surface area contributed by atoms with Crippen molar-refractivity contribution in [3.05, 3.63) is 60.3 Å². The highest BCUT2D eigenvalue weighted by Gasteiger charge is 2.25. The summed E-state index contributed by atoms with van der Waals surface area (Å²) in [6.45, 7) is 5.37. The first-order valence-electron chi connectivity index (χ1n) is 9.35. The first-order chi connectivity index (χ1) is 14.6. The van der Waals surface area contributed by atoms with Gasteiger partial charge in [-0.05, 0) is 35.9 Å². The van der Waals surface area contributed by atoms with E-state index in [2.05, 4.69) is 26.5 Å². The van der Waals surface area contributed by atoms with Crippen LogP contribution in [0.5, 0.6) is 6.01 Å². The summed E-state index contributed by atoms with van der Waals surface area (Å²) >= 11 is 0. The fourth-order valence-electron chi connectivity index (χ4n) is 2.91. The van der Waals surface area contributed by atoms with Crippen LogP contribution < -0.4 is 4.74 Å². The van der Waals surface area contributed by atoms with E-state index in [4.69, 9.17) is 18.9 Å². The zero-order chi connectivity index (χ0) is 20.9. The molecule has 1 N–H and O–H groups in total. The fraction of sp³-hybridized carbons (Fsp3) is 0.286. The molecule has 3 heterocycles. The molecule has 2 aromatic heterocycles. The third-order valence-electron chi connectivity index (χ3n) is 4.35. The van der Waals surface area contributed by atoms with Gasteiger partial charge in [-0.3, -0.25) is 0 Å². The van der Waals surface area contributed by atoms with E-state index in [1.807, 2.05) is 0 Å². The number of aromatic nitrogens is 4. The van der Waals surface area contributed by atoms with Crippen molar-refractivity contribution in [2.75, 3.05) is 33.5 Å². The van der Waals surface area contributed by atoms with Gasteiger partial charge >= 0.3 is 6.01 Å². The Labute approximate surface area is 172 Å². The zero-order valence-corrected chi connectivity index (χ0v) is 16.4. The molecule has 0 unspecified atom stereocenters. The first kappa shape index (κ1) is 20.1. The van der Waals surface area contributed by atoms with E-state index in [0.717, 1.165) is 11.1 Å². The lowest BCUT2D eigenvalue weighted by atomic mass is 10.1. The summed E-state index contributed by atoms with van der Waals surface area (Å²) in [5.41, 5.74) is 3.34. The molecular formula is C21H21FN4O4. The van der Waals surface area contributed by atoms with Crippen molar-refractivity contribution in [2.45, 2.75) is 6.29 Å². The van der Waals surface area contributed by atoms with Crippen molar-refractivity contribution in [3.63, 3.8) is 0 Å². The SMILES string of the molecule is C=C1COC(c2nc(-c3ccc(F)cc3)c(-c3ccnc(OCCOC)n3)[nH]2)OC1. The van der Waals surface area contributed by atoms with Gasteiger partial charge in [0.25, 0.3) is 0 Å². The van der Waals surface area contributed by atoms with Gasteiger partial charge in [0.1, 0.15) is 12.4 Å². The third kappa shape index (κ3) is 4.54. The van der Waals surface area contributed by atoms with Crippen molar-refractivity contribution in [3.8, 4) is 28.7 Å². The molecule has 0 spiro atoms. The highest BCUT2D eigenvalue weighted by atomic mass is 19.1. The van der Waals surface area contributed by atoms with Crippen molar-refractivity contribution >= 4 is 0 Å². The Bertz CT molecular complexity index is 1010. The normalized spacial score (nSPS) is 14.8. The van der Waals surface area contributed by atoms with Crippen LogP contribution in [0.3, 0.4) is 0 Å². The van der Waals surface area contributed by atoms with E-state index in [1.54, 1.807) is 31.5 Å². The van der Waals surface area contributed by atoms with Crippen molar-refractivity contribution in [2.24, 2.45) is 0 Å². The lowest BCUT2D eigenvalue weighted by molar-refractivity contribution is -0.165. The quantitative estimate of drug-likeness (QED) is 0.470. The first-order valence-corrected chi connectivity index (χ1v) is 9.35. The standard InChI is InChI=1S/C21H21FN4O4/c1-13-11-29-20(30-12-13)19-25-17(14-3-5-15(22)6-4-14)18(26-19)16-7-8-23-21(24-16)28-10-9-27-2/h3-8,20H,1,9-12H2,2H3,(H,25,26). The lowest BCUT2D eigenvalue weighted by Crippen LogP contribution is -2.20. The van der Waals surface area contributed by atoms with Crippen LogP contribution in [0, 0.1) is 5.82 Å². The third-order valence-corrected chi connectivity index (χ3v) is 4.35. The molecule has 1 aliphatic rings. The summed E-state index contributed by atoms with van der Waals surface area (Å²) in [6.07, 6.45) is 0.930. The molecule has 3 aromatic rings. The summed E-state index contributed by atoms with van der Waals surface area (Å²) in [5, 5.41) is 0. The number of aromatic amines is 1. The molecule has 0 atom stereocenters. The molecular weight excluding hydrogens is 391 g/mol. The predicted octanol–water partition coefficient (Wildman–Crippen LogP) is 3.30. The highest BCUT2D eigenvalue weighted by Crippen LogP contribution is 2.33. The Kier molecular flexibility index (Phi) is 6.12. The van der Waals surface area contributed by atoms with Gasteiger partial charge < -0.3 is 23.9 Å². The summed E-state index contributed by atoms with van der Waals surface area (Å²) in [6, 6.07) is 8.01. The number of hydrogen-bond acceptors (Lipinski definition) is 7. The topological polar surface area (TPSA) is 91.4 Å². The van der Waals surface area contributed by atoms with E-state index >= 15 is 0 Å². The lowest BCUT2D eigenvalue weighted by Gasteiger charge is -2.22. The van der Waals surface area contributed by atoms with Crippen LogP contribution >= 0.6 is 0 Å². The maximum Gasteiger partial charge on any atom is 0.317 e. The van der Waals surface area contributed by atoms with Crippen LogP contribution in [0.2, 0.25) is 0 Å². The summed E-state index contributed by atoms with van der Waals surface area (Å²) in [4.78, 5) is 16.5. The number of methoxy groups -OCH3 is 1. The van der Waals surface area contributed by atoms with E-state index in [0.29, 0.717) is 49.3 Å². The number of halogens is 1. The number of imidazole rings is 1. The predicted molar refractivity (Wildman–Crippen MR) is 106 cm³/mol. The number of ether oxygens (including phenoxy) is 4. The Morgan fingerprint density at radius 3 is 2.63 bits per heavy atom. The largest absolute Gasteiger partial charge is 0.461 e. The average Bonchev–Trinajstić information content (AvgIpc) is 3.21. The molecule has 9 heteroatoms. The van der Waals surface area contributed by atoms with E-state index in [9.17, 15) is 4.39 Å². The molecule has 0 aliphatic carbocycles. The molecule has 0 amide bonds. The second-order valence-electron chi connectivity index (χ2n) is 6.62. The molecule has 8 nitrogen and oxygen atoms in total. The summed E-state index contributed by atoms with van der Waals surface area (Å²) < 4.78 is 35.3. The molecule has 4 rings (SSSR count). The van der Waals surface area contributed by atoms with Crippen molar-refractivity contribution < 1.29 is 23.3 Å². The zero-order valence-electron chi connectivity index (χ0n) is 16.4. The molecule has 1 aliphatic heterocycles. The van der Waals surface area contributed by atoms with Gasteiger partial charge in [-0.1, -0.05) is 6.58 Å². The highest BCUT2D eigenvalue weighted by molar-refractivity contribution is 5.76. The molecule has 1 saturated heterocycles. The number of nitrogens with zero attached hydrogens (tertiary/aromatic N) is 3. The molecule has 156 valence electrons. The monoisotopic (exact) mass is 412 g/mol. The Morgan fingerprint density at radius 1 is 1.13 bits per heavy atom. The molecule has 0 radical (unpaired) electrons. The second kappa shape index (κ2) is 9.12. The maximum atomic E-state index is 13.4. The Balaban J connectivity index is 1.71.